The first-order chi connectivity index (χ1) is 16.1. The number of fused-ring (bicyclic) bond motifs is 1. The molecule has 0 saturated carbocycles. The lowest BCUT2D eigenvalue weighted by atomic mass is 9.99. The van der Waals surface area contributed by atoms with Crippen molar-refractivity contribution in [3.8, 4) is 22.8 Å². The Hall–Kier alpha value is -3.52. The van der Waals surface area contributed by atoms with Crippen LogP contribution in [-0.4, -0.2) is 37.6 Å². The largest absolute Gasteiger partial charge is 0.454 e. The normalized spacial score (nSPS) is 15.6. The maximum Gasteiger partial charge on any atom is 0.250 e. The summed E-state index contributed by atoms with van der Waals surface area (Å²) in [4.78, 5) is 14.6. The van der Waals surface area contributed by atoms with Crippen LogP contribution in [0.25, 0.3) is 11.3 Å². The number of hydrogen-bond acceptors (Lipinski definition) is 7. The predicted octanol–water partition coefficient (Wildman–Crippen LogP) is 4.46. The molecule has 3 heterocycles. The van der Waals surface area contributed by atoms with Gasteiger partial charge in [0.25, 0.3) is 0 Å². The molecule has 172 valence electrons. The van der Waals surface area contributed by atoms with E-state index in [4.69, 9.17) is 18.7 Å². The zero-order chi connectivity index (χ0) is 22.6. The maximum atomic E-state index is 12.2. The second-order valence-corrected chi connectivity index (χ2v) is 8.51. The van der Waals surface area contributed by atoms with Crippen molar-refractivity contribution in [3.05, 3.63) is 54.2 Å². The van der Waals surface area contributed by atoms with Crippen LogP contribution < -0.4 is 19.7 Å². The molecule has 3 aromatic rings. The van der Waals surface area contributed by atoms with Gasteiger partial charge in [-0.05, 0) is 61.2 Å². The zero-order valence-electron chi connectivity index (χ0n) is 18.6. The fourth-order valence-electron chi connectivity index (χ4n) is 4.03. The maximum absolute atomic E-state index is 12.2. The fraction of sp³-hybridized carbons (Fsp3) is 0.360. The van der Waals surface area contributed by atoms with Crippen LogP contribution in [0.1, 0.15) is 25.5 Å². The van der Waals surface area contributed by atoms with Gasteiger partial charge < -0.3 is 29.0 Å². The quantitative estimate of drug-likeness (QED) is 0.570. The first-order valence-electron chi connectivity index (χ1n) is 11.2. The van der Waals surface area contributed by atoms with Gasteiger partial charge in [-0.25, -0.2) is 0 Å². The van der Waals surface area contributed by atoms with Gasteiger partial charge in [0, 0.05) is 36.1 Å². The van der Waals surface area contributed by atoms with Gasteiger partial charge in [0.05, 0.1) is 6.61 Å². The summed E-state index contributed by atoms with van der Waals surface area (Å²) < 4.78 is 21.6. The van der Waals surface area contributed by atoms with E-state index in [9.17, 15) is 4.79 Å². The van der Waals surface area contributed by atoms with Crippen molar-refractivity contribution in [3.63, 3.8) is 0 Å². The number of carbonyl (C=O) groups excluding carboxylic acids is 1. The Labute approximate surface area is 192 Å². The molecule has 33 heavy (non-hydrogen) atoms. The standard InChI is InChI=1S/C25H27N3O5/c1-17-8-10-28(11-9-17)21-5-3-19(4-6-21)26-25(29)15-30-14-20-13-23(33-27-20)18-2-7-22-24(12-18)32-16-31-22/h2-7,12-13,17H,8-11,14-16H2,1H3,(H,26,29). The van der Waals surface area contributed by atoms with Crippen molar-refractivity contribution in [2.75, 3.05) is 36.7 Å². The highest BCUT2D eigenvalue weighted by Gasteiger charge is 2.17. The number of benzene rings is 2. The summed E-state index contributed by atoms with van der Waals surface area (Å²) >= 11 is 0. The number of piperidine rings is 1. The van der Waals surface area contributed by atoms with Gasteiger partial charge >= 0.3 is 0 Å². The van der Waals surface area contributed by atoms with Crippen molar-refractivity contribution in [1.29, 1.82) is 0 Å². The summed E-state index contributed by atoms with van der Waals surface area (Å²) in [6.45, 7) is 4.79. The Kier molecular flexibility index (Phi) is 6.17. The van der Waals surface area contributed by atoms with Gasteiger partial charge in [-0.3, -0.25) is 4.79 Å². The van der Waals surface area contributed by atoms with Crippen LogP contribution in [0.3, 0.4) is 0 Å². The van der Waals surface area contributed by atoms with E-state index in [1.165, 1.54) is 18.5 Å². The molecule has 0 aliphatic carbocycles. The lowest BCUT2D eigenvalue weighted by Gasteiger charge is -2.32. The summed E-state index contributed by atoms with van der Waals surface area (Å²) in [5, 5.41) is 6.89. The van der Waals surface area contributed by atoms with Crippen LogP contribution in [0.4, 0.5) is 11.4 Å². The minimum Gasteiger partial charge on any atom is -0.454 e. The van der Waals surface area contributed by atoms with Gasteiger partial charge in [-0.2, -0.15) is 0 Å². The molecule has 1 N–H and O–H groups in total. The molecule has 0 atom stereocenters. The number of hydrogen-bond donors (Lipinski definition) is 1. The van der Waals surface area contributed by atoms with Gasteiger partial charge in [0.1, 0.15) is 12.3 Å². The number of anilines is 2. The highest BCUT2D eigenvalue weighted by Crippen LogP contribution is 2.36. The zero-order valence-corrected chi connectivity index (χ0v) is 18.6. The lowest BCUT2D eigenvalue weighted by Crippen LogP contribution is -2.32. The number of rotatable bonds is 7. The van der Waals surface area contributed by atoms with E-state index in [-0.39, 0.29) is 25.9 Å². The molecule has 8 heteroatoms. The summed E-state index contributed by atoms with van der Waals surface area (Å²) in [5.74, 6) is 2.57. The number of nitrogens with zero attached hydrogens (tertiary/aromatic N) is 2. The van der Waals surface area contributed by atoms with Gasteiger partial charge in [-0.15, -0.1) is 0 Å². The first kappa shape index (κ1) is 21.3. The van der Waals surface area contributed by atoms with E-state index in [0.29, 0.717) is 23.0 Å². The number of nitrogens with one attached hydrogen (secondary N) is 1. The molecule has 1 fully saturated rings. The average molecular weight is 450 g/mol. The van der Waals surface area contributed by atoms with E-state index >= 15 is 0 Å². The van der Waals surface area contributed by atoms with Crippen LogP contribution in [0, 0.1) is 5.92 Å². The molecule has 0 unspecified atom stereocenters. The molecule has 1 aromatic heterocycles. The van der Waals surface area contributed by atoms with E-state index in [1.807, 2.05) is 30.3 Å². The van der Waals surface area contributed by atoms with Crippen LogP contribution >= 0.6 is 0 Å². The minimum absolute atomic E-state index is 0.0714. The predicted molar refractivity (Wildman–Crippen MR) is 123 cm³/mol. The topological polar surface area (TPSA) is 86.1 Å². The second-order valence-electron chi connectivity index (χ2n) is 8.51. The van der Waals surface area contributed by atoms with Crippen molar-refractivity contribution < 1.29 is 23.5 Å². The molecule has 0 radical (unpaired) electrons. The number of aromatic nitrogens is 1. The Balaban J connectivity index is 1.08. The third-order valence-electron chi connectivity index (χ3n) is 6.00. The van der Waals surface area contributed by atoms with Crippen molar-refractivity contribution in [1.82, 2.24) is 5.16 Å². The highest BCUT2D eigenvalue weighted by atomic mass is 16.7. The third-order valence-corrected chi connectivity index (χ3v) is 6.00. The van der Waals surface area contributed by atoms with E-state index < -0.39 is 0 Å². The second kappa shape index (κ2) is 9.54. The molecule has 2 aliphatic rings. The SMILES string of the molecule is CC1CCN(c2ccc(NC(=O)COCc3cc(-c4ccc5c(c4)OCO5)on3)cc2)CC1. The monoisotopic (exact) mass is 449 g/mol. The Morgan fingerprint density at radius 3 is 2.70 bits per heavy atom. The molecule has 1 amide bonds. The highest BCUT2D eigenvalue weighted by molar-refractivity contribution is 5.91. The molecule has 8 nitrogen and oxygen atoms in total. The average Bonchev–Trinajstić information content (AvgIpc) is 3.49. The summed E-state index contributed by atoms with van der Waals surface area (Å²) in [7, 11) is 0. The van der Waals surface area contributed by atoms with Gasteiger partial charge in [0.15, 0.2) is 17.3 Å². The Morgan fingerprint density at radius 1 is 1.09 bits per heavy atom. The molecule has 0 bridgehead atoms. The first-order valence-corrected chi connectivity index (χ1v) is 11.2. The fourth-order valence-corrected chi connectivity index (χ4v) is 4.03. The molecule has 2 aromatic carbocycles. The molecule has 0 spiro atoms. The van der Waals surface area contributed by atoms with E-state index in [0.717, 1.165) is 30.3 Å². The van der Waals surface area contributed by atoms with Crippen molar-refractivity contribution in [2.45, 2.75) is 26.4 Å². The molecular weight excluding hydrogens is 422 g/mol. The summed E-state index contributed by atoms with van der Waals surface area (Å²) in [5.41, 5.74) is 3.39. The van der Waals surface area contributed by atoms with E-state index in [1.54, 1.807) is 6.07 Å². The van der Waals surface area contributed by atoms with Crippen LogP contribution in [0.5, 0.6) is 11.5 Å². The summed E-state index contributed by atoms with van der Waals surface area (Å²) in [6.07, 6.45) is 2.44. The Morgan fingerprint density at radius 2 is 1.88 bits per heavy atom. The smallest absolute Gasteiger partial charge is 0.250 e. The van der Waals surface area contributed by atoms with Crippen LogP contribution in [0.15, 0.2) is 53.1 Å². The molecule has 2 aliphatic heterocycles. The van der Waals surface area contributed by atoms with Crippen LogP contribution in [0.2, 0.25) is 0 Å². The summed E-state index contributed by atoms with van der Waals surface area (Å²) in [6, 6.07) is 15.3. The number of amides is 1. The van der Waals surface area contributed by atoms with Crippen LogP contribution in [-0.2, 0) is 16.1 Å². The molecular formula is C25H27N3O5. The number of carbonyl (C=O) groups is 1. The van der Waals surface area contributed by atoms with E-state index in [2.05, 4.69) is 34.4 Å². The van der Waals surface area contributed by atoms with Crippen molar-refractivity contribution >= 4 is 17.3 Å². The third kappa shape index (κ3) is 5.12. The molecule has 1 saturated heterocycles. The number of ether oxygens (including phenoxy) is 3. The van der Waals surface area contributed by atoms with Gasteiger partial charge in [-0.1, -0.05) is 12.1 Å². The Bertz CT molecular complexity index is 1100. The van der Waals surface area contributed by atoms with Gasteiger partial charge in [0.2, 0.25) is 12.7 Å². The molecule has 5 rings (SSSR count). The van der Waals surface area contributed by atoms with Crippen molar-refractivity contribution in [2.24, 2.45) is 5.92 Å². The lowest BCUT2D eigenvalue weighted by molar-refractivity contribution is -0.121. The minimum atomic E-state index is -0.214.